The first-order valence-corrected chi connectivity index (χ1v) is 9.46. The van der Waals surface area contributed by atoms with E-state index in [0.29, 0.717) is 37.5 Å². The van der Waals surface area contributed by atoms with Gasteiger partial charge in [-0.25, -0.2) is 13.4 Å². The SMILES string of the molecule is CCOC1CCN(S(=O)(=O)c2c(Cl)nc3sccn23)CC1. The standard InChI is InChI=1S/C12H16ClN3O3S2/c1-2-19-9-3-5-15(6-4-9)21(17,18)11-10(13)14-12-16(11)7-8-20-12/h7-9H,2-6H2,1H3. The molecule has 0 spiro atoms. The van der Waals surface area contributed by atoms with Crippen molar-refractivity contribution in [3.8, 4) is 0 Å². The van der Waals surface area contributed by atoms with Crippen molar-refractivity contribution in [3.05, 3.63) is 16.7 Å². The molecule has 2 aromatic heterocycles. The van der Waals surface area contributed by atoms with Crippen LogP contribution in [0.25, 0.3) is 4.96 Å². The summed E-state index contributed by atoms with van der Waals surface area (Å²) in [5.74, 6) is 0. The van der Waals surface area contributed by atoms with Crippen LogP contribution in [0, 0.1) is 0 Å². The van der Waals surface area contributed by atoms with Crippen LogP contribution < -0.4 is 0 Å². The van der Waals surface area contributed by atoms with Crippen LogP contribution in [0.5, 0.6) is 0 Å². The maximum absolute atomic E-state index is 12.8. The summed E-state index contributed by atoms with van der Waals surface area (Å²) >= 11 is 7.39. The van der Waals surface area contributed by atoms with E-state index < -0.39 is 10.0 Å². The molecule has 2 aromatic rings. The fourth-order valence-electron chi connectivity index (χ4n) is 2.57. The van der Waals surface area contributed by atoms with Crippen LogP contribution in [0.15, 0.2) is 16.6 Å². The van der Waals surface area contributed by atoms with Gasteiger partial charge in [-0.1, -0.05) is 11.6 Å². The van der Waals surface area contributed by atoms with Crippen LogP contribution in [0.1, 0.15) is 19.8 Å². The minimum absolute atomic E-state index is 0.0359. The number of sulfonamides is 1. The first-order valence-electron chi connectivity index (χ1n) is 6.77. The molecule has 3 heterocycles. The van der Waals surface area contributed by atoms with E-state index in [1.54, 1.807) is 11.6 Å². The Balaban J connectivity index is 1.88. The van der Waals surface area contributed by atoms with Gasteiger partial charge in [-0.15, -0.1) is 11.3 Å². The second-order valence-electron chi connectivity index (χ2n) is 4.82. The molecule has 0 radical (unpaired) electrons. The lowest BCUT2D eigenvalue weighted by Gasteiger charge is -2.30. The Bertz CT molecular complexity index is 732. The van der Waals surface area contributed by atoms with Gasteiger partial charge in [0.1, 0.15) is 0 Å². The average Bonchev–Trinajstić information content (AvgIpc) is 2.99. The number of aromatic nitrogens is 2. The molecule has 21 heavy (non-hydrogen) atoms. The Labute approximate surface area is 132 Å². The number of hydrogen-bond donors (Lipinski definition) is 0. The zero-order chi connectivity index (χ0) is 15.0. The van der Waals surface area contributed by atoms with Crippen LogP contribution in [-0.2, 0) is 14.8 Å². The second-order valence-corrected chi connectivity index (χ2v) is 7.91. The fourth-order valence-corrected chi connectivity index (χ4v) is 5.44. The molecule has 0 bridgehead atoms. The summed E-state index contributed by atoms with van der Waals surface area (Å²) in [7, 11) is -3.63. The van der Waals surface area contributed by atoms with Crippen LogP contribution in [0.3, 0.4) is 0 Å². The molecular weight excluding hydrogens is 334 g/mol. The number of fused-ring (bicyclic) bond motifs is 1. The van der Waals surface area contributed by atoms with E-state index in [4.69, 9.17) is 16.3 Å². The highest BCUT2D eigenvalue weighted by molar-refractivity contribution is 7.89. The van der Waals surface area contributed by atoms with Gasteiger partial charge in [-0.2, -0.15) is 4.31 Å². The van der Waals surface area contributed by atoms with Crippen molar-refractivity contribution in [1.29, 1.82) is 0 Å². The summed E-state index contributed by atoms with van der Waals surface area (Å²) in [6, 6.07) is 0. The molecule has 0 unspecified atom stereocenters. The number of hydrogen-bond acceptors (Lipinski definition) is 5. The molecule has 9 heteroatoms. The number of ether oxygens (including phenoxy) is 1. The number of halogens is 1. The van der Waals surface area contributed by atoms with Gasteiger partial charge in [0.2, 0.25) is 0 Å². The molecule has 1 fully saturated rings. The molecule has 0 N–H and O–H groups in total. The van der Waals surface area contributed by atoms with E-state index in [-0.39, 0.29) is 16.3 Å². The molecule has 1 aliphatic rings. The lowest BCUT2D eigenvalue weighted by molar-refractivity contribution is 0.0289. The molecule has 6 nitrogen and oxygen atoms in total. The molecular formula is C12H16ClN3O3S2. The third kappa shape index (κ3) is 2.70. The number of nitrogens with zero attached hydrogens (tertiary/aromatic N) is 3. The van der Waals surface area contributed by atoms with Crippen molar-refractivity contribution < 1.29 is 13.2 Å². The van der Waals surface area contributed by atoms with E-state index in [9.17, 15) is 8.42 Å². The van der Waals surface area contributed by atoms with Crippen molar-refractivity contribution in [2.45, 2.75) is 30.9 Å². The third-order valence-electron chi connectivity index (χ3n) is 3.57. The quantitative estimate of drug-likeness (QED) is 0.849. The molecule has 116 valence electrons. The molecule has 0 aromatic carbocycles. The molecule has 3 rings (SSSR count). The molecule has 1 saturated heterocycles. The summed E-state index contributed by atoms with van der Waals surface area (Å²) in [4.78, 5) is 4.68. The minimum atomic E-state index is -3.63. The monoisotopic (exact) mass is 349 g/mol. The van der Waals surface area contributed by atoms with Crippen molar-refractivity contribution >= 4 is 37.9 Å². The highest BCUT2D eigenvalue weighted by Crippen LogP contribution is 2.29. The van der Waals surface area contributed by atoms with E-state index in [1.165, 1.54) is 20.0 Å². The Hall–Kier alpha value is -0.670. The normalized spacial score (nSPS) is 18.6. The van der Waals surface area contributed by atoms with Gasteiger partial charge in [-0.3, -0.25) is 4.40 Å². The van der Waals surface area contributed by atoms with Crippen molar-refractivity contribution in [2.75, 3.05) is 19.7 Å². The average molecular weight is 350 g/mol. The fraction of sp³-hybridized carbons (Fsp3) is 0.583. The van der Waals surface area contributed by atoms with Gasteiger partial charge in [0.05, 0.1) is 6.10 Å². The van der Waals surface area contributed by atoms with Gasteiger partial charge >= 0.3 is 0 Å². The van der Waals surface area contributed by atoms with Crippen LogP contribution in [0.2, 0.25) is 5.15 Å². The van der Waals surface area contributed by atoms with Crippen LogP contribution in [0.4, 0.5) is 0 Å². The molecule has 1 aliphatic heterocycles. The Morgan fingerprint density at radius 2 is 2.19 bits per heavy atom. The van der Waals surface area contributed by atoms with E-state index in [2.05, 4.69) is 4.98 Å². The summed E-state index contributed by atoms with van der Waals surface area (Å²) < 4.78 is 34.1. The van der Waals surface area contributed by atoms with Gasteiger partial charge in [-0.05, 0) is 19.8 Å². The minimum Gasteiger partial charge on any atom is -0.378 e. The van der Waals surface area contributed by atoms with Gasteiger partial charge in [0.25, 0.3) is 10.0 Å². The van der Waals surface area contributed by atoms with E-state index in [1.807, 2.05) is 6.92 Å². The summed E-state index contributed by atoms with van der Waals surface area (Å²) in [5, 5.41) is 1.89. The summed E-state index contributed by atoms with van der Waals surface area (Å²) in [5.41, 5.74) is 0. The number of thiazole rings is 1. The highest BCUT2D eigenvalue weighted by Gasteiger charge is 2.34. The molecule has 0 amide bonds. The summed E-state index contributed by atoms with van der Waals surface area (Å²) in [6.45, 7) is 3.49. The third-order valence-corrected chi connectivity index (χ3v) is 6.62. The number of imidazole rings is 1. The molecule has 0 aliphatic carbocycles. The lowest BCUT2D eigenvalue weighted by atomic mass is 10.1. The van der Waals surface area contributed by atoms with E-state index >= 15 is 0 Å². The first-order chi connectivity index (χ1) is 10.0. The Kier molecular flexibility index (Phi) is 4.24. The maximum atomic E-state index is 12.8. The zero-order valence-electron chi connectivity index (χ0n) is 11.5. The van der Waals surface area contributed by atoms with Crippen LogP contribution in [-0.4, -0.2) is 47.9 Å². The maximum Gasteiger partial charge on any atom is 0.262 e. The van der Waals surface area contributed by atoms with E-state index in [0.717, 1.165) is 0 Å². The van der Waals surface area contributed by atoms with Gasteiger partial charge in [0, 0.05) is 31.3 Å². The lowest BCUT2D eigenvalue weighted by Crippen LogP contribution is -2.41. The Morgan fingerprint density at radius 1 is 1.48 bits per heavy atom. The highest BCUT2D eigenvalue weighted by atomic mass is 35.5. The smallest absolute Gasteiger partial charge is 0.262 e. The van der Waals surface area contributed by atoms with Crippen molar-refractivity contribution in [3.63, 3.8) is 0 Å². The van der Waals surface area contributed by atoms with Gasteiger partial charge in [0.15, 0.2) is 15.1 Å². The predicted molar refractivity (Wildman–Crippen MR) is 81.5 cm³/mol. The molecule has 0 atom stereocenters. The van der Waals surface area contributed by atoms with Gasteiger partial charge < -0.3 is 4.74 Å². The zero-order valence-corrected chi connectivity index (χ0v) is 13.9. The van der Waals surface area contributed by atoms with Crippen molar-refractivity contribution in [1.82, 2.24) is 13.7 Å². The molecule has 0 saturated carbocycles. The van der Waals surface area contributed by atoms with Crippen molar-refractivity contribution in [2.24, 2.45) is 0 Å². The predicted octanol–water partition coefficient (Wildman–Crippen LogP) is 2.24. The second kappa shape index (κ2) is 5.85. The first kappa shape index (κ1) is 15.2. The largest absolute Gasteiger partial charge is 0.378 e. The number of piperidine rings is 1. The topological polar surface area (TPSA) is 63.9 Å². The Morgan fingerprint density at radius 3 is 2.86 bits per heavy atom. The summed E-state index contributed by atoms with van der Waals surface area (Å²) in [6.07, 6.45) is 3.23. The van der Waals surface area contributed by atoms with Crippen LogP contribution >= 0.6 is 22.9 Å². The number of rotatable bonds is 4.